The van der Waals surface area contributed by atoms with Gasteiger partial charge in [0.15, 0.2) is 0 Å². The van der Waals surface area contributed by atoms with Crippen molar-refractivity contribution in [2.45, 2.75) is 20.3 Å². The van der Waals surface area contributed by atoms with Crippen LogP contribution in [-0.4, -0.2) is 62.8 Å². The van der Waals surface area contributed by atoms with Crippen LogP contribution in [0.15, 0.2) is 24.3 Å². The molecule has 24 heavy (non-hydrogen) atoms. The molecule has 0 saturated carbocycles. The van der Waals surface area contributed by atoms with E-state index < -0.39 is 10.2 Å². The van der Waals surface area contributed by atoms with Gasteiger partial charge in [-0.3, -0.25) is 4.79 Å². The molecule has 1 aromatic carbocycles. The summed E-state index contributed by atoms with van der Waals surface area (Å²) in [4.78, 5) is 13.3. The molecule has 0 atom stereocenters. The average Bonchev–Trinajstić information content (AvgIpc) is 2.54. The zero-order chi connectivity index (χ0) is 17.6. The second kappa shape index (κ2) is 8.57. The quantitative estimate of drug-likeness (QED) is 0.754. The van der Waals surface area contributed by atoms with Crippen LogP contribution in [-0.2, 0) is 21.4 Å². The van der Waals surface area contributed by atoms with Gasteiger partial charge in [-0.1, -0.05) is 19.1 Å². The fourth-order valence-corrected chi connectivity index (χ4v) is 3.90. The van der Waals surface area contributed by atoms with E-state index in [-0.39, 0.29) is 5.91 Å². The van der Waals surface area contributed by atoms with Gasteiger partial charge in [0.25, 0.3) is 10.2 Å². The minimum absolute atomic E-state index is 0.0758. The maximum Gasteiger partial charge on any atom is 0.279 e. The van der Waals surface area contributed by atoms with Gasteiger partial charge >= 0.3 is 0 Å². The first-order valence-corrected chi connectivity index (χ1v) is 9.68. The van der Waals surface area contributed by atoms with Crippen LogP contribution in [0.1, 0.15) is 19.4 Å². The van der Waals surface area contributed by atoms with E-state index in [4.69, 9.17) is 0 Å². The highest BCUT2D eigenvalue weighted by atomic mass is 32.2. The number of nitrogens with one attached hydrogen (secondary N) is 2. The molecule has 0 bridgehead atoms. The third kappa shape index (κ3) is 5.55. The maximum absolute atomic E-state index is 11.9. The lowest BCUT2D eigenvalue weighted by molar-refractivity contribution is -0.114. The first kappa shape index (κ1) is 18.9. The fraction of sp³-hybridized carbons (Fsp3) is 0.562. The molecule has 0 unspecified atom stereocenters. The Labute approximate surface area is 144 Å². The van der Waals surface area contributed by atoms with Crippen LogP contribution in [0.5, 0.6) is 0 Å². The van der Waals surface area contributed by atoms with Gasteiger partial charge < -0.3 is 10.2 Å². The third-order valence-electron chi connectivity index (χ3n) is 3.99. The van der Waals surface area contributed by atoms with Crippen LogP contribution in [0.4, 0.5) is 5.69 Å². The molecule has 1 saturated heterocycles. The molecular formula is C16H26N4O3S. The first-order chi connectivity index (χ1) is 11.4. The van der Waals surface area contributed by atoms with Crippen molar-refractivity contribution in [1.29, 1.82) is 0 Å². The Morgan fingerprint density at radius 3 is 2.29 bits per heavy atom. The van der Waals surface area contributed by atoms with Crippen molar-refractivity contribution in [3.05, 3.63) is 29.8 Å². The Balaban J connectivity index is 1.77. The maximum atomic E-state index is 11.9. The predicted octanol–water partition coefficient (Wildman–Crippen LogP) is 0.659. The number of benzene rings is 1. The molecule has 2 N–H and O–H groups in total. The highest BCUT2D eigenvalue weighted by Crippen LogP contribution is 2.12. The van der Waals surface area contributed by atoms with Gasteiger partial charge in [-0.2, -0.15) is 12.7 Å². The summed E-state index contributed by atoms with van der Waals surface area (Å²) in [5, 5.41) is 2.75. The number of carbonyl (C=O) groups excluding carboxylic acids is 1. The van der Waals surface area contributed by atoms with Crippen molar-refractivity contribution in [2.24, 2.45) is 0 Å². The van der Waals surface area contributed by atoms with Crippen molar-refractivity contribution >= 4 is 21.8 Å². The molecule has 8 heteroatoms. The molecular weight excluding hydrogens is 328 g/mol. The van der Waals surface area contributed by atoms with Crippen molar-refractivity contribution < 1.29 is 13.2 Å². The normalized spacial score (nSPS) is 16.9. The van der Waals surface area contributed by atoms with E-state index in [2.05, 4.69) is 14.9 Å². The smallest absolute Gasteiger partial charge is 0.279 e. The highest BCUT2D eigenvalue weighted by Gasteiger charge is 2.25. The van der Waals surface area contributed by atoms with Crippen molar-refractivity contribution in [1.82, 2.24) is 13.9 Å². The molecule has 1 aliphatic heterocycles. The van der Waals surface area contributed by atoms with E-state index in [1.54, 1.807) is 6.92 Å². The largest absolute Gasteiger partial charge is 0.326 e. The summed E-state index contributed by atoms with van der Waals surface area (Å²) in [6.07, 6.45) is 0.903. The minimum Gasteiger partial charge on any atom is -0.326 e. The summed E-state index contributed by atoms with van der Waals surface area (Å²) in [7, 11) is -3.32. The topological polar surface area (TPSA) is 81.8 Å². The summed E-state index contributed by atoms with van der Waals surface area (Å²) >= 11 is 0. The number of amides is 1. The molecule has 1 fully saturated rings. The van der Waals surface area contributed by atoms with Gasteiger partial charge in [-0.25, -0.2) is 4.72 Å². The van der Waals surface area contributed by atoms with E-state index in [1.807, 2.05) is 24.3 Å². The Morgan fingerprint density at radius 1 is 1.12 bits per heavy atom. The lowest BCUT2D eigenvalue weighted by atomic mass is 10.1. The Hall–Kier alpha value is -1.48. The van der Waals surface area contributed by atoms with Crippen LogP contribution in [0, 0.1) is 0 Å². The summed E-state index contributed by atoms with van der Waals surface area (Å²) in [5.41, 5.74) is 2.00. The number of hydrogen-bond acceptors (Lipinski definition) is 4. The van der Waals surface area contributed by atoms with Crippen LogP contribution in [0.25, 0.3) is 0 Å². The number of anilines is 1. The lowest BCUT2D eigenvalue weighted by Crippen LogP contribution is -2.52. The SMILES string of the molecule is CCNS(=O)(=O)N1CCN(CCc2ccc(NC(C)=O)cc2)CC1. The molecule has 0 radical (unpaired) electrons. The first-order valence-electron chi connectivity index (χ1n) is 8.24. The molecule has 0 spiro atoms. The molecule has 0 aliphatic carbocycles. The van der Waals surface area contributed by atoms with Crippen molar-refractivity contribution in [2.75, 3.05) is 44.6 Å². The number of rotatable bonds is 7. The number of nitrogens with zero attached hydrogens (tertiary/aromatic N) is 2. The third-order valence-corrected chi connectivity index (χ3v) is 5.69. The zero-order valence-corrected chi connectivity index (χ0v) is 15.1. The monoisotopic (exact) mass is 354 g/mol. The Morgan fingerprint density at radius 2 is 1.75 bits per heavy atom. The number of piperazine rings is 1. The Kier molecular flexibility index (Phi) is 6.73. The standard InChI is InChI=1S/C16H26N4O3S/c1-3-17-24(22,23)20-12-10-19(11-13-20)9-8-15-4-6-16(7-5-15)18-14(2)21/h4-7,17H,3,8-13H2,1-2H3,(H,18,21). The molecule has 2 rings (SSSR count). The van der Waals surface area contributed by atoms with Gasteiger partial charge in [0.1, 0.15) is 0 Å². The molecule has 1 heterocycles. The summed E-state index contributed by atoms with van der Waals surface area (Å²) in [6.45, 7) is 7.12. The van der Waals surface area contributed by atoms with Crippen LogP contribution in [0.2, 0.25) is 0 Å². The molecule has 1 aliphatic rings. The summed E-state index contributed by atoms with van der Waals surface area (Å²) < 4.78 is 27.9. The van der Waals surface area contributed by atoms with Gasteiger partial charge in [-0.15, -0.1) is 0 Å². The number of carbonyl (C=O) groups is 1. The Bertz CT molecular complexity index is 638. The lowest BCUT2D eigenvalue weighted by Gasteiger charge is -2.33. The van der Waals surface area contributed by atoms with Crippen LogP contribution < -0.4 is 10.0 Å². The fourth-order valence-electron chi connectivity index (χ4n) is 2.71. The molecule has 1 amide bonds. The summed E-state index contributed by atoms with van der Waals surface area (Å²) in [6, 6.07) is 7.82. The van der Waals surface area contributed by atoms with E-state index in [0.29, 0.717) is 19.6 Å². The predicted molar refractivity (Wildman–Crippen MR) is 95.1 cm³/mol. The molecule has 0 aromatic heterocycles. The minimum atomic E-state index is -3.32. The van der Waals surface area contributed by atoms with Crippen molar-refractivity contribution in [3.8, 4) is 0 Å². The van der Waals surface area contributed by atoms with Crippen molar-refractivity contribution in [3.63, 3.8) is 0 Å². The molecule has 134 valence electrons. The highest BCUT2D eigenvalue weighted by molar-refractivity contribution is 7.87. The second-order valence-electron chi connectivity index (χ2n) is 5.87. The average molecular weight is 354 g/mol. The number of hydrogen-bond donors (Lipinski definition) is 2. The van der Waals surface area contributed by atoms with E-state index in [0.717, 1.165) is 31.7 Å². The van der Waals surface area contributed by atoms with Gasteiger partial charge in [0.2, 0.25) is 5.91 Å². The zero-order valence-electron chi connectivity index (χ0n) is 14.3. The van der Waals surface area contributed by atoms with E-state index in [1.165, 1.54) is 16.8 Å². The van der Waals surface area contributed by atoms with Crippen LogP contribution in [0.3, 0.4) is 0 Å². The van der Waals surface area contributed by atoms with Gasteiger partial charge in [0.05, 0.1) is 0 Å². The van der Waals surface area contributed by atoms with Gasteiger partial charge in [0, 0.05) is 51.9 Å². The van der Waals surface area contributed by atoms with Gasteiger partial charge in [-0.05, 0) is 24.1 Å². The molecule has 1 aromatic rings. The molecule has 7 nitrogen and oxygen atoms in total. The van der Waals surface area contributed by atoms with E-state index >= 15 is 0 Å². The van der Waals surface area contributed by atoms with Crippen LogP contribution >= 0.6 is 0 Å². The van der Waals surface area contributed by atoms with E-state index in [9.17, 15) is 13.2 Å². The second-order valence-corrected chi connectivity index (χ2v) is 7.63. The summed E-state index contributed by atoms with van der Waals surface area (Å²) in [5.74, 6) is -0.0758.